The van der Waals surface area contributed by atoms with Crippen molar-refractivity contribution in [1.82, 2.24) is 0 Å². The van der Waals surface area contributed by atoms with E-state index in [-0.39, 0.29) is 28.7 Å². The summed E-state index contributed by atoms with van der Waals surface area (Å²) in [6.45, 7) is 0. The van der Waals surface area contributed by atoms with Crippen molar-refractivity contribution in [1.29, 1.82) is 0 Å². The van der Waals surface area contributed by atoms with Gasteiger partial charge in [-0.15, -0.1) is 11.6 Å². The number of sulfone groups is 1. The molecule has 2 atom stereocenters. The Morgan fingerprint density at radius 3 is 2.78 bits per heavy atom. The number of hydrogen-bond donors (Lipinski definition) is 0. The van der Waals surface area contributed by atoms with Crippen LogP contribution in [0.15, 0.2) is 23.2 Å². The van der Waals surface area contributed by atoms with Crippen LogP contribution in [0.25, 0.3) is 0 Å². The number of fused-ring (bicyclic) bond motifs is 1. The summed E-state index contributed by atoms with van der Waals surface area (Å²) in [6.07, 6.45) is 0. The number of carbonyl (C=O) groups excluding carboxylic acids is 1. The third-order valence-corrected chi connectivity index (χ3v) is 7.56. The van der Waals surface area contributed by atoms with Gasteiger partial charge in [-0.3, -0.25) is 4.79 Å². The lowest BCUT2D eigenvalue weighted by Crippen LogP contribution is -2.38. The fourth-order valence-electron chi connectivity index (χ4n) is 2.65. The molecule has 5 nitrogen and oxygen atoms in total. The minimum atomic E-state index is -3.13. The Morgan fingerprint density at radius 1 is 1.35 bits per heavy atom. The first-order valence-corrected chi connectivity index (χ1v) is 10.6. The number of carbonyl (C=O) groups is 1. The van der Waals surface area contributed by atoms with Gasteiger partial charge >= 0.3 is 0 Å². The number of aliphatic imine (C=N–C) groups is 1. The van der Waals surface area contributed by atoms with Gasteiger partial charge in [0.2, 0.25) is 0 Å². The molecule has 0 spiro atoms. The van der Waals surface area contributed by atoms with Crippen molar-refractivity contribution < 1.29 is 13.2 Å². The SMILES string of the molecule is O=C(CCl)N=C1S[C@H]2CS(=O)(=O)C[C@H]2N1c1cc(Cl)ccc1Cl. The van der Waals surface area contributed by atoms with Crippen molar-refractivity contribution in [3.8, 4) is 0 Å². The van der Waals surface area contributed by atoms with Crippen LogP contribution < -0.4 is 4.90 Å². The number of hydrogen-bond acceptors (Lipinski definition) is 4. The van der Waals surface area contributed by atoms with Crippen LogP contribution in [-0.2, 0) is 14.6 Å². The van der Waals surface area contributed by atoms with E-state index in [2.05, 4.69) is 4.99 Å². The summed E-state index contributed by atoms with van der Waals surface area (Å²) in [5.74, 6) is -0.693. The van der Waals surface area contributed by atoms with Gasteiger partial charge in [0.25, 0.3) is 5.91 Å². The Labute approximate surface area is 152 Å². The van der Waals surface area contributed by atoms with Crippen molar-refractivity contribution in [2.24, 2.45) is 4.99 Å². The zero-order chi connectivity index (χ0) is 16.8. The Kier molecular flexibility index (Phi) is 4.86. The van der Waals surface area contributed by atoms with E-state index in [0.717, 1.165) is 0 Å². The fraction of sp³-hybridized carbons (Fsp3) is 0.385. The first-order chi connectivity index (χ1) is 10.8. The summed E-state index contributed by atoms with van der Waals surface area (Å²) in [5, 5.41) is 1.08. The number of amidine groups is 1. The van der Waals surface area contributed by atoms with Crippen molar-refractivity contribution in [3.63, 3.8) is 0 Å². The minimum absolute atomic E-state index is 0.0123. The fourth-order valence-corrected chi connectivity index (χ4v) is 7.01. The van der Waals surface area contributed by atoms with E-state index in [0.29, 0.717) is 20.9 Å². The number of thioether (sulfide) groups is 1. The van der Waals surface area contributed by atoms with Crippen molar-refractivity contribution in [3.05, 3.63) is 28.2 Å². The first kappa shape index (κ1) is 17.4. The van der Waals surface area contributed by atoms with Gasteiger partial charge in [0, 0.05) is 10.3 Å². The summed E-state index contributed by atoms with van der Waals surface area (Å²) in [7, 11) is -3.13. The van der Waals surface area contributed by atoms with Crippen LogP contribution in [0.2, 0.25) is 10.0 Å². The van der Waals surface area contributed by atoms with Crippen LogP contribution in [0.5, 0.6) is 0 Å². The normalized spacial score (nSPS) is 27.4. The van der Waals surface area contributed by atoms with Crippen molar-refractivity contribution in [2.75, 3.05) is 22.3 Å². The van der Waals surface area contributed by atoms with Gasteiger partial charge in [0.1, 0.15) is 5.88 Å². The minimum Gasteiger partial charge on any atom is -0.314 e. The molecule has 2 saturated heterocycles. The third kappa shape index (κ3) is 3.49. The lowest BCUT2D eigenvalue weighted by atomic mass is 10.2. The monoisotopic (exact) mass is 412 g/mol. The molecule has 2 aliphatic heterocycles. The number of benzene rings is 1. The number of amides is 1. The summed E-state index contributed by atoms with van der Waals surface area (Å²) >= 11 is 19.1. The number of halogens is 3. The van der Waals surface area contributed by atoms with E-state index in [1.165, 1.54) is 11.8 Å². The molecule has 2 aliphatic rings. The van der Waals surface area contributed by atoms with E-state index in [4.69, 9.17) is 34.8 Å². The maximum atomic E-state index is 11.9. The van der Waals surface area contributed by atoms with Crippen LogP contribution in [0.3, 0.4) is 0 Å². The molecule has 1 aromatic carbocycles. The van der Waals surface area contributed by atoms with Gasteiger partial charge in [-0.1, -0.05) is 35.0 Å². The molecule has 3 rings (SSSR count). The standard InChI is InChI=1S/C13H11Cl3N2O3S2/c14-4-12(19)17-13-18(9-3-7(15)1-2-8(9)16)10-5-23(20,21)6-11(10)22-13/h1-3,10-11H,4-6H2/t10-,11+/m1/s1. The molecule has 0 aromatic heterocycles. The third-order valence-electron chi connectivity index (χ3n) is 3.57. The maximum absolute atomic E-state index is 11.9. The highest BCUT2D eigenvalue weighted by Crippen LogP contribution is 2.43. The molecule has 2 fully saturated rings. The van der Waals surface area contributed by atoms with Crippen molar-refractivity contribution in [2.45, 2.75) is 11.3 Å². The molecule has 23 heavy (non-hydrogen) atoms. The number of anilines is 1. The maximum Gasteiger partial charge on any atom is 0.262 e. The zero-order valence-electron chi connectivity index (χ0n) is 11.6. The number of nitrogens with zero attached hydrogens (tertiary/aromatic N) is 2. The molecule has 0 N–H and O–H groups in total. The van der Waals surface area contributed by atoms with Gasteiger partial charge in [-0.25, -0.2) is 8.42 Å². The Bertz CT molecular complexity index is 798. The molecular weight excluding hydrogens is 403 g/mol. The van der Waals surface area contributed by atoms with E-state index in [9.17, 15) is 13.2 Å². The molecule has 1 amide bonds. The van der Waals surface area contributed by atoms with Gasteiger partial charge in [0.05, 0.1) is 28.3 Å². The predicted molar refractivity (Wildman–Crippen MR) is 95.9 cm³/mol. The molecule has 2 heterocycles. The largest absolute Gasteiger partial charge is 0.314 e. The lowest BCUT2D eigenvalue weighted by molar-refractivity contribution is -0.115. The summed E-state index contributed by atoms with van der Waals surface area (Å²) < 4.78 is 23.9. The van der Waals surface area contributed by atoms with Gasteiger partial charge in [-0.05, 0) is 18.2 Å². The van der Waals surface area contributed by atoms with E-state index < -0.39 is 15.7 Å². The first-order valence-electron chi connectivity index (χ1n) is 6.59. The highest BCUT2D eigenvalue weighted by atomic mass is 35.5. The average Bonchev–Trinajstić information content (AvgIpc) is 2.92. The quantitative estimate of drug-likeness (QED) is 0.698. The Morgan fingerprint density at radius 2 is 2.09 bits per heavy atom. The van der Waals surface area contributed by atoms with Gasteiger partial charge in [0.15, 0.2) is 15.0 Å². The zero-order valence-corrected chi connectivity index (χ0v) is 15.5. The van der Waals surface area contributed by atoms with Crippen LogP contribution >= 0.6 is 46.6 Å². The van der Waals surface area contributed by atoms with Crippen LogP contribution in [0, 0.1) is 0 Å². The van der Waals surface area contributed by atoms with E-state index >= 15 is 0 Å². The molecule has 1 aromatic rings. The van der Waals surface area contributed by atoms with Crippen molar-refractivity contribution >= 4 is 73.2 Å². The molecule has 0 aliphatic carbocycles. The van der Waals surface area contributed by atoms with Crippen LogP contribution in [-0.4, -0.2) is 48.2 Å². The highest BCUT2D eigenvalue weighted by molar-refractivity contribution is 8.16. The second-order valence-corrected chi connectivity index (χ2v) is 9.66. The molecule has 124 valence electrons. The Hall–Kier alpha value is -0.470. The van der Waals surface area contributed by atoms with Gasteiger partial charge in [-0.2, -0.15) is 4.99 Å². The molecule has 0 bridgehead atoms. The number of alkyl halides is 1. The molecule has 10 heteroatoms. The second kappa shape index (κ2) is 6.44. The summed E-state index contributed by atoms with van der Waals surface area (Å²) in [6, 6.07) is 4.57. The smallest absolute Gasteiger partial charge is 0.262 e. The molecule has 0 unspecified atom stereocenters. The summed E-state index contributed by atoms with van der Waals surface area (Å²) in [5.41, 5.74) is 0.539. The topological polar surface area (TPSA) is 66.8 Å². The van der Waals surface area contributed by atoms with E-state index in [1.807, 2.05) is 0 Å². The number of rotatable bonds is 2. The molecule has 0 radical (unpaired) electrons. The second-order valence-electron chi connectivity index (χ2n) is 5.19. The Balaban J connectivity index is 2.08. The van der Waals surface area contributed by atoms with E-state index in [1.54, 1.807) is 23.1 Å². The lowest BCUT2D eigenvalue weighted by Gasteiger charge is -2.25. The predicted octanol–water partition coefficient (Wildman–Crippen LogP) is 2.83. The van der Waals surface area contributed by atoms with Crippen LogP contribution in [0.1, 0.15) is 0 Å². The summed E-state index contributed by atoms with van der Waals surface area (Å²) in [4.78, 5) is 17.3. The average molecular weight is 414 g/mol. The molecule has 0 saturated carbocycles. The van der Waals surface area contributed by atoms with Gasteiger partial charge < -0.3 is 4.90 Å². The van der Waals surface area contributed by atoms with Crippen LogP contribution in [0.4, 0.5) is 5.69 Å². The highest BCUT2D eigenvalue weighted by Gasteiger charge is 2.49. The molecular formula is C13H11Cl3N2O3S2.